The smallest absolute Gasteiger partial charge is 0.406 e. The largest absolute Gasteiger partial charge is 0.573 e. The number of ketones is 1. The van der Waals surface area contributed by atoms with Gasteiger partial charge in [-0.15, -0.1) is 13.2 Å². The number of hydrogen-bond acceptors (Lipinski definition) is 3. The van der Waals surface area contributed by atoms with E-state index in [2.05, 4.69) is 4.74 Å². The van der Waals surface area contributed by atoms with Gasteiger partial charge in [-0.2, -0.15) is 0 Å². The van der Waals surface area contributed by atoms with Crippen LogP contribution >= 0.6 is 0 Å². The van der Waals surface area contributed by atoms with Crippen LogP contribution < -0.4 is 4.74 Å². The Kier molecular flexibility index (Phi) is 4.32. The standard InChI is InChI=1S/C14H15F3O3/c1-9-6-11(8-19-9)13(18)7-10-2-4-12(5-3-10)20-14(15,16)17/h2-5,9,11H,6-8H2,1H3. The fraction of sp³-hybridized carbons (Fsp3) is 0.500. The molecule has 0 aliphatic carbocycles. The average molecular weight is 288 g/mol. The highest BCUT2D eigenvalue weighted by atomic mass is 19.4. The van der Waals surface area contributed by atoms with Crippen molar-refractivity contribution >= 4 is 5.78 Å². The molecule has 0 saturated carbocycles. The van der Waals surface area contributed by atoms with Crippen molar-refractivity contribution in [2.75, 3.05) is 6.61 Å². The van der Waals surface area contributed by atoms with Crippen molar-refractivity contribution in [1.29, 1.82) is 0 Å². The van der Waals surface area contributed by atoms with E-state index in [1.807, 2.05) is 6.92 Å². The van der Waals surface area contributed by atoms with E-state index >= 15 is 0 Å². The molecule has 2 unspecified atom stereocenters. The van der Waals surface area contributed by atoms with E-state index in [1.54, 1.807) is 0 Å². The van der Waals surface area contributed by atoms with Crippen LogP contribution in [0.25, 0.3) is 0 Å². The molecule has 1 fully saturated rings. The van der Waals surface area contributed by atoms with Crippen molar-refractivity contribution < 1.29 is 27.4 Å². The maximum absolute atomic E-state index is 12.0. The summed E-state index contributed by atoms with van der Waals surface area (Å²) in [6, 6.07) is 5.37. The molecule has 20 heavy (non-hydrogen) atoms. The molecule has 1 aliphatic heterocycles. The molecule has 0 N–H and O–H groups in total. The Morgan fingerprint density at radius 2 is 2.00 bits per heavy atom. The first-order chi connectivity index (χ1) is 9.33. The van der Waals surface area contributed by atoms with E-state index in [4.69, 9.17) is 4.74 Å². The third-order valence-corrected chi connectivity index (χ3v) is 3.19. The highest BCUT2D eigenvalue weighted by molar-refractivity contribution is 5.83. The lowest BCUT2D eigenvalue weighted by Crippen LogP contribution is -2.18. The summed E-state index contributed by atoms with van der Waals surface area (Å²) in [5.41, 5.74) is 0.670. The van der Waals surface area contributed by atoms with Crippen molar-refractivity contribution in [1.82, 2.24) is 0 Å². The molecule has 0 bridgehead atoms. The molecule has 110 valence electrons. The number of halogens is 3. The van der Waals surface area contributed by atoms with E-state index < -0.39 is 6.36 Å². The number of benzene rings is 1. The number of alkyl halides is 3. The molecule has 0 aromatic heterocycles. The Morgan fingerprint density at radius 1 is 1.35 bits per heavy atom. The van der Waals surface area contributed by atoms with Gasteiger partial charge in [0, 0.05) is 12.3 Å². The summed E-state index contributed by atoms with van der Waals surface area (Å²) in [4.78, 5) is 12.0. The van der Waals surface area contributed by atoms with Gasteiger partial charge in [0.15, 0.2) is 0 Å². The van der Waals surface area contributed by atoms with E-state index in [0.29, 0.717) is 18.6 Å². The molecule has 1 saturated heterocycles. The quantitative estimate of drug-likeness (QED) is 0.854. The van der Waals surface area contributed by atoms with E-state index in [-0.39, 0.29) is 30.0 Å². The van der Waals surface area contributed by atoms with Crippen LogP contribution in [0.5, 0.6) is 5.75 Å². The maximum atomic E-state index is 12.0. The zero-order valence-corrected chi connectivity index (χ0v) is 10.9. The van der Waals surface area contributed by atoms with Gasteiger partial charge in [-0.1, -0.05) is 12.1 Å². The molecular weight excluding hydrogens is 273 g/mol. The second-order valence-electron chi connectivity index (χ2n) is 4.91. The molecule has 0 spiro atoms. The maximum Gasteiger partial charge on any atom is 0.573 e. The lowest BCUT2D eigenvalue weighted by molar-refractivity contribution is -0.274. The zero-order chi connectivity index (χ0) is 14.8. The second kappa shape index (κ2) is 5.83. The van der Waals surface area contributed by atoms with Crippen LogP contribution in [0.3, 0.4) is 0 Å². The summed E-state index contributed by atoms with van der Waals surface area (Å²) in [5.74, 6) is -0.346. The third kappa shape index (κ3) is 4.23. The zero-order valence-electron chi connectivity index (χ0n) is 10.9. The van der Waals surface area contributed by atoms with Crippen molar-refractivity contribution in [3.63, 3.8) is 0 Å². The van der Waals surface area contributed by atoms with Gasteiger partial charge in [-0.3, -0.25) is 4.79 Å². The monoisotopic (exact) mass is 288 g/mol. The van der Waals surface area contributed by atoms with Crippen LogP contribution in [-0.2, 0) is 16.0 Å². The van der Waals surface area contributed by atoms with Crippen LogP contribution in [0.2, 0.25) is 0 Å². The predicted octanol–water partition coefficient (Wildman–Crippen LogP) is 3.12. The highest BCUT2D eigenvalue weighted by Gasteiger charge is 2.31. The number of carbonyl (C=O) groups excluding carboxylic acids is 1. The van der Waals surface area contributed by atoms with Gasteiger partial charge >= 0.3 is 6.36 Å². The SMILES string of the molecule is CC1CC(C(=O)Cc2ccc(OC(F)(F)F)cc2)CO1. The topological polar surface area (TPSA) is 35.5 Å². The fourth-order valence-corrected chi connectivity index (χ4v) is 2.20. The summed E-state index contributed by atoms with van der Waals surface area (Å²) >= 11 is 0. The molecule has 1 aromatic carbocycles. The third-order valence-electron chi connectivity index (χ3n) is 3.19. The molecule has 0 amide bonds. The van der Waals surface area contributed by atoms with Gasteiger partial charge in [-0.05, 0) is 31.0 Å². The van der Waals surface area contributed by atoms with E-state index in [9.17, 15) is 18.0 Å². The predicted molar refractivity (Wildman–Crippen MR) is 65.4 cm³/mol. The Bertz CT molecular complexity index is 468. The molecule has 2 rings (SSSR count). The Hall–Kier alpha value is -1.56. The summed E-state index contributed by atoms with van der Waals surface area (Å²) in [6.07, 6.45) is -3.71. The minimum atomic E-state index is -4.70. The first-order valence-corrected chi connectivity index (χ1v) is 6.32. The van der Waals surface area contributed by atoms with Crippen LogP contribution in [0, 0.1) is 5.92 Å². The second-order valence-corrected chi connectivity index (χ2v) is 4.91. The summed E-state index contributed by atoms with van der Waals surface area (Å²) in [7, 11) is 0. The van der Waals surface area contributed by atoms with E-state index in [1.165, 1.54) is 24.3 Å². The van der Waals surface area contributed by atoms with Crippen LogP contribution in [0.1, 0.15) is 18.9 Å². The van der Waals surface area contributed by atoms with Gasteiger partial charge < -0.3 is 9.47 Å². The number of rotatable bonds is 4. The summed E-state index contributed by atoms with van der Waals surface area (Å²) in [6.45, 7) is 2.34. The van der Waals surface area contributed by atoms with Gasteiger partial charge in [0.05, 0.1) is 12.7 Å². The first kappa shape index (κ1) is 14.8. The number of carbonyl (C=O) groups is 1. The Morgan fingerprint density at radius 3 is 2.50 bits per heavy atom. The lowest BCUT2D eigenvalue weighted by atomic mass is 9.96. The molecule has 1 aliphatic rings. The minimum absolute atomic E-state index is 0.0545. The summed E-state index contributed by atoms with van der Waals surface area (Å²) < 4.78 is 45.1. The average Bonchev–Trinajstić information content (AvgIpc) is 2.77. The van der Waals surface area contributed by atoms with Crippen LogP contribution in [-0.4, -0.2) is 24.9 Å². The van der Waals surface area contributed by atoms with Crippen LogP contribution in [0.4, 0.5) is 13.2 Å². The van der Waals surface area contributed by atoms with Crippen molar-refractivity contribution in [2.45, 2.75) is 32.2 Å². The number of ether oxygens (including phenoxy) is 2. The summed E-state index contributed by atoms with van der Waals surface area (Å²) in [5, 5.41) is 0. The van der Waals surface area contributed by atoms with Gasteiger partial charge in [0.1, 0.15) is 11.5 Å². The Balaban J connectivity index is 1.92. The minimum Gasteiger partial charge on any atom is -0.406 e. The van der Waals surface area contributed by atoms with Gasteiger partial charge in [0.2, 0.25) is 0 Å². The van der Waals surface area contributed by atoms with Gasteiger partial charge in [0.25, 0.3) is 0 Å². The van der Waals surface area contributed by atoms with Crippen LogP contribution in [0.15, 0.2) is 24.3 Å². The lowest BCUT2D eigenvalue weighted by Gasteiger charge is -2.10. The fourth-order valence-electron chi connectivity index (χ4n) is 2.20. The Labute approximate surface area is 114 Å². The van der Waals surface area contributed by atoms with Crippen molar-refractivity contribution in [3.8, 4) is 5.75 Å². The first-order valence-electron chi connectivity index (χ1n) is 6.32. The number of hydrogen-bond donors (Lipinski definition) is 0. The van der Waals surface area contributed by atoms with Crippen molar-refractivity contribution in [3.05, 3.63) is 29.8 Å². The molecular formula is C14H15F3O3. The number of Topliss-reactive ketones (excluding diaryl/α,β-unsaturated/α-hetero) is 1. The molecule has 6 heteroatoms. The molecule has 2 atom stereocenters. The van der Waals surface area contributed by atoms with E-state index in [0.717, 1.165) is 0 Å². The molecule has 0 radical (unpaired) electrons. The van der Waals surface area contributed by atoms with Gasteiger partial charge in [-0.25, -0.2) is 0 Å². The molecule has 1 aromatic rings. The molecule has 1 heterocycles. The van der Waals surface area contributed by atoms with Crippen molar-refractivity contribution in [2.24, 2.45) is 5.92 Å². The molecule has 3 nitrogen and oxygen atoms in total. The normalized spacial score (nSPS) is 22.8. The highest BCUT2D eigenvalue weighted by Crippen LogP contribution is 2.24.